The lowest BCUT2D eigenvalue weighted by Gasteiger charge is -2.13. The number of carbonyl (C=O) groups is 1. The summed E-state index contributed by atoms with van der Waals surface area (Å²) in [6, 6.07) is 20.5. The van der Waals surface area contributed by atoms with Crippen molar-refractivity contribution in [3.8, 4) is 11.5 Å². The van der Waals surface area contributed by atoms with Crippen molar-refractivity contribution in [3.63, 3.8) is 0 Å². The largest absolute Gasteiger partial charge is 0.490 e. The number of halogens is 1. The van der Waals surface area contributed by atoms with Crippen LogP contribution in [-0.2, 0) is 11.4 Å². The highest BCUT2D eigenvalue weighted by Gasteiger charge is 2.11. The van der Waals surface area contributed by atoms with Gasteiger partial charge in [0, 0.05) is 10.0 Å². The molecular formula is C24H22BrNO4. The van der Waals surface area contributed by atoms with Crippen molar-refractivity contribution < 1.29 is 19.1 Å². The number of nitrogens with zero attached hydrogens (tertiary/aromatic N) is 1. The maximum absolute atomic E-state index is 12.1. The molecule has 0 amide bonds. The minimum atomic E-state index is -0.540. The van der Waals surface area contributed by atoms with Crippen LogP contribution < -0.4 is 9.47 Å². The molecule has 5 nitrogen and oxygen atoms in total. The van der Waals surface area contributed by atoms with Gasteiger partial charge in [-0.2, -0.15) is 0 Å². The zero-order chi connectivity index (χ0) is 21.3. The highest BCUT2D eigenvalue weighted by Crippen LogP contribution is 2.29. The number of hydrogen-bond acceptors (Lipinski definition) is 5. The summed E-state index contributed by atoms with van der Waals surface area (Å²) in [5.74, 6) is 0.705. The predicted molar refractivity (Wildman–Crippen MR) is 120 cm³/mol. The minimum Gasteiger partial charge on any atom is -0.490 e. The first kappa shape index (κ1) is 21.6. The average Bonchev–Trinajstić information content (AvgIpc) is 2.74. The van der Waals surface area contributed by atoms with Crippen LogP contribution in [0.3, 0.4) is 0 Å². The van der Waals surface area contributed by atoms with Gasteiger partial charge in [0.1, 0.15) is 6.61 Å². The van der Waals surface area contributed by atoms with E-state index in [0.29, 0.717) is 34.7 Å². The van der Waals surface area contributed by atoms with Gasteiger partial charge in [0.15, 0.2) is 11.5 Å². The van der Waals surface area contributed by atoms with E-state index in [1.54, 1.807) is 24.3 Å². The third kappa shape index (κ3) is 5.70. The first-order chi connectivity index (χ1) is 14.6. The van der Waals surface area contributed by atoms with Crippen LogP contribution in [0, 0.1) is 6.92 Å². The quantitative estimate of drug-likeness (QED) is 0.234. The second-order valence-corrected chi connectivity index (χ2v) is 7.30. The Balaban J connectivity index is 1.68. The molecule has 0 heterocycles. The van der Waals surface area contributed by atoms with Gasteiger partial charge < -0.3 is 14.3 Å². The second-order valence-electron chi connectivity index (χ2n) is 6.45. The smallest absolute Gasteiger partial charge is 0.366 e. The highest BCUT2D eigenvalue weighted by molar-refractivity contribution is 9.10. The molecule has 6 heteroatoms. The molecule has 0 atom stereocenters. The van der Waals surface area contributed by atoms with Crippen LogP contribution in [0.15, 0.2) is 76.4 Å². The lowest BCUT2D eigenvalue weighted by atomic mass is 10.1. The van der Waals surface area contributed by atoms with Crippen LogP contribution in [0.4, 0.5) is 0 Å². The average molecular weight is 468 g/mol. The van der Waals surface area contributed by atoms with Gasteiger partial charge in [-0.1, -0.05) is 41.6 Å². The molecule has 3 aromatic carbocycles. The fourth-order valence-electron chi connectivity index (χ4n) is 2.73. The fraction of sp³-hybridized carbons (Fsp3) is 0.167. The molecule has 0 aliphatic heterocycles. The molecule has 0 spiro atoms. The van der Waals surface area contributed by atoms with E-state index < -0.39 is 5.97 Å². The Morgan fingerprint density at radius 2 is 1.77 bits per heavy atom. The number of hydrogen-bond donors (Lipinski definition) is 0. The number of rotatable bonds is 8. The molecule has 0 saturated carbocycles. The zero-order valence-corrected chi connectivity index (χ0v) is 18.4. The van der Waals surface area contributed by atoms with Crippen molar-refractivity contribution in [1.29, 1.82) is 0 Å². The summed E-state index contributed by atoms with van der Waals surface area (Å²) in [6.45, 7) is 4.91. The van der Waals surface area contributed by atoms with E-state index in [-0.39, 0.29) is 0 Å². The van der Waals surface area contributed by atoms with Gasteiger partial charge in [0.2, 0.25) is 0 Å². The number of benzene rings is 3. The summed E-state index contributed by atoms with van der Waals surface area (Å²) in [5.41, 5.74) is 3.42. The van der Waals surface area contributed by atoms with E-state index in [1.165, 1.54) is 11.8 Å². The van der Waals surface area contributed by atoms with Crippen molar-refractivity contribution in [2.24, 2.45) is 5.16 Å². The summed E-state index contributed by atoms with van der Waals surface area (Å²) in [7, 11) is 0. The zero-order valence-electron chi connectivity index (χ0n) is 16.8. The number of oxime groups is 1. The lowest BCUT2D eigenvalue weighted by Crippen LogP contribution is -2.03. The minimum absolute atomic E-state index is 0.407. The predicted octanol–water partition coefficient (Wildman–Crippen LogP) is 5.93. The molecule has 0 saturated heterocycles. The third-order valence-corrected chi connectivity index (χ3v) is 5.03. The van der Waals surface area contributed by atoms with Crippen LogP contribution in [0.2, 0.25) is 0 Å². The monoisotopic (exact) mass is 467 g/mol. The molecule has 154 valence electrons. The maximum Gasteiger partial charge on any atom is 0.366 e. The van der Waals surface area contributed by atoms with Gasteiger partial charge in [-0.25, -0.2) is 4.79 Å². The summed E-state index contributed by atoms with van der Waals surface area (Å²) in [6.07, 6.45) is 1.46. The van der Waals surface area contributed by atoms with Gasteiger partial charge in [-0.15, -0.1) is 0 Å². The van der Waals surface area contributed by atoms with Gasteiger partial charge >= 0.3 is 5.97 Å². The molecular weight excluding hydrogens is 446 g/mol. The molecule has 0 aliphatic carbocycles. The molecule has 30 heavy (non-hydrogen) atoms. The van der Waals surface area contributed by atoms with E-state index in [4.69, 9.17) is 14.3 Å². The molecule has 0 bridgehead atoms. The van der Waals surface area contributed by atoms with Crippen molar-refractivity contribution in [2.75, 3.05) is 6.61 Å². The summed E-state index contributed by atoms with van der Waals surface area (Å²) in [5, 5.41) is 3.80. The third-order valence-electron chi connectivity index (χ3n) is 4.34. The van der Waals surface area contributed by atoms with E-state index >= 15 is 0 Å². The lowest BCUT2D eigenvalue weighted by molar-refractivity contribution is 0.0518. The molecule has 0 N–H and O–H groups in total. The fourth-order valence-corrected chi connectivity index (χ4v) is 3.18. The van der Waals surface area contributed by atoms with Crippen molar-refractivity contribution >= 4 is 28.1 Å². The summed E-state index contributed by atoms with van der Waals surface area (Å²) < 4.78 is 12.3. The Morgan fingerprint density at radius 1 is 1.00 bits per heavy atom. The maximum atomic E-state index is 12.1. The number of ether oxygens (including phenoxy) is 2. The normalized spacial score (nSPS) is 10.8. The Kier molecular flexibility index (Phi) is 7.63. The topological polar surface area (TPSA) is 57.1 Å². The van der Waals surface area contributed by atoms with E-state index in [9.17, 15) is 4.79 Å². The standard InChI is InChI=1S/C24H22BrNO4/c1-3-28-23-14-18(15-26-30-24(27)20-10-6-7-11-21(20)25)12-13-22(23)29-16-19-9-5-4-8-17(19)2/h4-15H,3,16H2,1-2H3/b26-15-. The van der Waals surface area contributed by atoms with E-state index in [0.717, 1.165) is 11.1 Å². The molecule has 0 unspecified atom stereocenters. The Hall–Kier alpha value is -3.12. The van der Waals surface area contributed by atoms with Gasteiger partial charge in [0.05, 0.1) is 18.4 Å². The first-order valence-corrected chi connectivity index (χ1v) is 10.3. The van der Waals surface area contributed by atoms with Gasteiger partial charge in [-0.3, -0.25) is 0 Å². The van der Waals surface area contributed by atoms with Crippen molar-refractivity contribution in [3.05, 3.63) is 93.5 Å². The molecule has 0 fully saturated rings. The van der Waals surface area contributed by atoms with Crippen LogP contribution in [-0.4, -0.2) is 18.8 Å². The van der Waals surface area contributed by atoms with Gasteiger partial charge in [-0.05, 0) is 71.2 Å². The van der Waals surface area contributed by atoms with Crippen molar-refractivity contribution in [1.82, 2.24) is 0 Å². The van der Waals surface area contributed by atoms with Crippen LogP contribution >= 0.6 is 15.9 Å². The molecule has 3 rings (SSSR count). The van der Waals surface area contributed by atoms with Crippen LogP contribution in [0.1, 0.15) is 34.0 Å². The summed E-state index contributed by atoms with van der Waals surface area (Å²) in [4.78, 5) is 17.1. The second kappa shape index (κ2) is 10.6. The first-order valence-electron chi connectivity index (χ1n) is 9.52. The molecule has 0 radical (unpaired) electrons. The Morgan fingerprint density at radius 3 is 2.53 bits per heavy atom. The Labute approximate surface area is 184 Å². The Bertz CT molecular complexity index is 1050. The number of carbonyl (C=O) groups excluding carboxylic acids is 1. The molecule has 0 aromatic heterocycles. The van der Waals surface area contributed by atoms with Crippen LogP contribution in [0.25, 0.3) is 0 Å². The summed E-state index contributed by atoms with van der Waals surface area (Å²) >= 11 is 3.32. The highest BCUT2D eigenvalue weighted by atomic mass is 79.9. The van der Waals surface area contributed by atoms with Crippen molar-refractivity contribution in [2.45, 2.75) is 20.5 Å². The number of aryl methyl sites for hydroxylation is 1. The van der Waals surface area contributed by atoms with E-state index in [2.05, 4.69) is 34.1 Å². The molecule has 3 aromatic rings. The SMILES string of the molecule is CCOc1cc(/C=N\OC(=O)c2ccccc2Br)ccc1OCc1ccccc1C. The van der Waals surface area contributed by atoms with Crippen LogP contribution in [0.5, 0.6) is 11.5 Å². The van der Waals surface area contributed by atoms with E-state index in [1.807, 2.05) is 43.3 Å². The molecule has 0 aliphatic rings. The van der Waals surface area contributed by atoms with Gasteiger partial charge in [0.25, 0.3) is 0 Å².